The standard InChI is InChI=1S/C26H39NO3S/c1-17-18(2)22(15-27-11-13-30-14-12-27)25-24(19(17)3)26(4)10-9-20-7-5-6-8-21(20)23(26)16-31(25,28)29/h20-21,23H,5-16H2,1-4H3. The van der Waals surface area contributed by atoms with Crippen molar-refractivity contribution in [3.8, 4) is 0 Å². The van der Waals surface area contributed by atoms with Crippen molar-refractivity contribution in [3.63, 3.8) is 0 Å². The molecule has 4 atom stereocenters. The first kappa shape index (κ1) is 21.9. The van der Waals surface area contributed by atoms with Gasteiger partial charge in [0.15, 0.2) is 9.84 Å². The molecule has 2 aliphatic heterocycles. The van der Waals surface area contributed by atoms with Crippen LogP contribution in [0.1, 0.15) is 73.3 Å². The van der Waals surface area contributed by atoms with Crippen LogP contribution in [0, 0.1) is 38.5 Å². The Morgan fingerprint density at radius 3 is 2.45 bits per heavy atom. The average Bonchev–Trinajstić information content (AvgIpc) is 2.76. The highest BCUT2D eigenvalue weighted by atomic mass is 32.2. The molecular weight excluding hydrogens is 406 g/mol. The van der Waals surface area contributed by atoms with Crippen molar-refractivity contribution in [2.24, 2.45) is 17.8 Å². The maximum atomic E-state index is 14.0. The van der Waals surface area contributed by atoms with Crippen LogP contribution in [0.5, 0.6) is 0 Å². The van der Waals surface area contributed by atoms with Crippen LogP contribution in [0.25, 0.3) is 0 Å². The lowest BCUT2D eigenvalue weighted by Gasteiger charge is -2.55. The molecule has 1 aromatic rings. The molecule has 0 radical (unpaired) electrons. The lowest BCUT2D eigenvalue weighted by atomic mass is 9.53. The van der Waals surface area contributed by atoms with E-state index in [9.17, 15) is 8.42 Å². The highest BCUT2D eigenvalue weighted by Crippen LogP contribution is 2.58. The summed E-state index contributed by atoms with van der Waals surface area (Å²) in [4.78, 5) is 3.09. The van der Waals surface area contributed by atoms with Crippen LogP contribution in [-0.4, -0.2) is 45.4 Å². The summed E-state index contributed by atoms with van der Waals surface area (Å²) in [6.07, 6.45) is 7.53. The Bertz CT molecular complexity index is 979. The lowest BCUT2D eigenvalue weighted by molar-refractivity contribution is 0.0331. The minimum Gasteiger partial charge on any atom is -0.379 e. The number of hydrogen-bond acceptors (Lipinski definition) is 4. The van der Waals surface area contributed by atoms with Gasteiger partial charge in [0.2, 0.25) is 0 Å². The van der Waals surface area contributed by atoms with Crippen molar-refractivity contribution in [1.29, 1.82) is 0 Å². The average molecular weight is 446 g/mol. The lowest BCUT2D eigenvalue weighted by Crippen LogP contribution is -2.52. The van der Waals surface area contributed by atoms with Crippen molar-refractivity contribution >= 4 is 9.84 Å². The van der Waals surface area contributed by atoms with E-state index < -0.39 is 9.84 Å². The fourth-order valence-corrected chi connectivity index (χ4v) is 10.1. The molecule has 4 aliphatic rings. The highest BCUT2D eigenvalue weighted by molar-refractivity contribution is 7.91. The normalized spacial score (nSPS) is 35.2. The van der Waals surface area contributed by atoms with Crippen LogP contribution in [0.2, 0.25) is 0 Å². The molecule has 2 heterocycles. The van der Waals surface area contributed by atoms with Gasteiger partial charge in [-0.3, -0.25) is 4.90 Å². The molecule has 0 amide bonds. The van der Waals surface area contributed by atoms with Crippen molar-refractivity contribution in [2.75, 3.05) is 32.1 Å². The van der Waals surface area contributed by atoms with Gasteiger partial charge < -0.3 is 4.74 Å². The molecule has 1 aromatic carbocycles. The van der Waals surface area contributed by atoms with Gasteiger partial charge in [0, 0.05) is 19.6 Å². The number of fused-ring (bicyclic) bond motifs is 5. The van der Waals surface area contributed by atoms with E-state index in [0.717, 1.165) is 50.8 Å². The summed E-state index contributed by atoms with van der Waals surface area (Å²) in [7, 11) is -3.30. The quantitative estimate of drug-likeness (QED) is 0.662. The fourth-order valence-electron chi connectivity index (χ4n) is 7.60. The maximum absolute atomic E-state index is 14.0. The SMILES string of the molecule is Cc1c(C)c(CN2CCOCC2)c2c(c1C)C1(C)CCC3CCCCC3C1CS2(=O)=O. The zero-order valence-electron chi connectivity index (χ0n) is 19.8. The molecule has 4 unspecified atom stereocenters. The number of rotatable bonds is 2. The second-order valence-corrected chi connectivity index (χ2v) is 13.0. The number of benzene rings is 1. The first-order valence-corrected chi connectivity index (χ1v) is 14.0. The third kappa shape index (κ3) is 3.41. The first-order valence-electron chi connectivity index (χ1n) is 12.4. The Labute approximate surface area is 188 Å². The van der Waals surface area contributed by atoms with E-state index in [4.69, 9.17) is 4.74 Å². The zero-order chi connectivity index (χ0) is 22.0. The summed E-state index contributed by atoms with van der Waals surface area (Å²) in [5.74, 6) is 1.96. The minimum atomic E-state index is -3.30. The Morgan fingerprint density at radius 2 is 1.71 bits per heavy atom. The van der Waals surface area contributed by atoms with E-state index in [2.05, 4.69) is 32.6 Å². The molecule has 2 aliphatic carbocycles. The van der Waals surface area contributed by atoms with Crippen LogP contribution < -0.4 is 0 Å². The van der Waals surface area contributed by atoms with E-state index in [1.807, 2.05) is 0 Å². The van der Waals surface area contributed by atoms with E-state index in [1.54, 1.807) is 0 Å². The number of ether oxygens (including phenoxy) is 1. The molecule has 172 valence electrons. The third-order valence-electron chi connectivity index (χ3n) is 9.56. The van der Waals surface area contributed by atoms with Crippen LogP contribution in [0.4, 0.5) is 0 Å². The summed E-state index contributed by atoms with van der Waals surface area (Å²) in [5.41, 5.74) is 5.97. The van der Waals surface area contributed by atoms with Crippen molar-refractivity contribution in [3.05, 3.63) is 27.8 Å². The number of morpholine rings is 1. The smallest absolute Gasteiger partial charge is 0.179 e. The topological polar surface area (TPSA) is 46.6 Å². The monoisotopic (exact) mass is 445 g/mol. The minimum absolute atomic E-state index is 0.0124. The molecule has 5 heteroatoms. The van der Waals surface area contributed by atoms with Gasteiger partial charge in [-0.15, -0.1) is 0 Å². The molecule has 4 nitrogen and oxygen atoms in total. The Balaban J connectivity index is 1.68. The molecule has 0 N–H and O–H groups in total. The second kappa shape index (κ2) is 7.85. The van der Waals surface area contributed by atoms with Gasteiger partial charge in [-0.25, -0.2) is 8.42 Å². The largest absolute Gasteiger partial charge is 0.379 e. The molecule has 0 spiro atoms. The summed E-state index contributed by atoms with van der Waals surface area (Å²) in [6.45, 7) is 12.9. The van der Waals surface area contributed by atoms with Gasteiger partial charge >= 0.3 is 0 Å². The first-order chi connectivity index (χ1) is 14.7. The fraction of sp³-hybridized carbons (Fsp3) is 0.769. The summed E-state index contributed by atoms with van der Waals surface area (Å²) in [6, 6.07) is 0. The van der Waals surface area contributed by atoms with Crippen LogP contribution >= 0.6 is 0 Å². The summed E-state index contributed by atoms with van der Waals surface area (Å²) in [5, 5.41) is 0. The van der Waals surface area contributed by atoms with Gasteiger partial charge in [-0.1, -0.05) is 26.2 Å². The second-order valence-electron chi connectivity index (χ2n) is 11.0. The summed E-state index contributed by atoms with van der Waals surface area (Å²) < 4.78 is 33.5. The van der Waals surface area contributed by atoms with E-state index >= 15 is 0 Å². The Hall–Kier alpha value is -0.910. The highest BCUT2D eigenvalue weighted by Gasteiger charge is 2.55. The van der Waals surface area contributed by atoms with Gasteiger partial charge in [0.1, 0.15) is 0 Å². The third-order valence-corrected chi connectivity index (χ3v) is 11.4. The van der Waals surface area contributed by atoms with Gasteiger partial charge in [-0.05, 0) is 91.0 Å². The molecule has 2 saturated carbocycles. The maximum Gasteiger partial charge on any atom is 0.179 e. The Morgan fingerprint density at radius 1 is 1.00 bits per heavy atom. The van der Waals surface area contributed by atoms with E-state index in [1.165, 1.54) is 54.4 Å². The predicted molar refractivity (Wildman–Crippen MR) is 124 cm³/mol. The molecular formula is C26H39NO3S. The molecule has 0 bridgehead atoms. The van der Waals surface area contributed by atoms with Crippen molar-refractivity contribution in [1.82, 2.24) is 4.90 Å². The van der Waals surface area contributed by atoms with Crippen LogP contribution in [-0.2, 0) is 26.5 Å². The van der Waals surface area contributed by atoms with Crippen LogP contribution in [0.15, 0.2) is 4.90 Å². The number of sulfone groups is 1. The molecule has 3 fully saturated rings. The van der Waals surface area contributed by atoms with Crippen molar-refractivity contribution in [2.45, 2.75) is 83.1 Å². The van der Waals surface area contributed by atoms with E-state index in [-0.39, 0.29) is 11.3 Å². The van der Waals surface area contributed by atoms with Gasteiger partial charge in [-0.2, -0.15) is 0 Å². The predicted octanol–water partition coefficient (Wildman–Crippen LogP) is 4.71. The van der Waals surface area contributed by atoms with Crippen molar-refractivity contribution < 1.29 is 13.2 Å². The molecule has 1 saturated heterocycles. The molecule has 5 rings (SSSR count). The zero-order valence-corrected chi connectivity index (χ0v) is 20.6. The number of hydrogen-bond donors (Lipinski definition) is 0. The van der Waals surface area contributed by atoms with Gasteiger partial charge in [0.25, 0.3) is 0 Å². The molecule has 31 heavy (non-hydrogen) atoms. The van der Waals surface area contributed by atoms with Crippen LogP contribution in [0.3, 0.4) is 0 Å². The summed E-state index contributed by atoms with van der Waals surface area (Å²) >= 11 is 0. The van der Waals surface area contributed by atoms with Gasteiger partial charge in [0.05, 0.1) is 23.9 Å². The molecule has 0 aromatic heterocycles. The Kier molecular flexibility index (Phi) is 5.55. The number of nitrogens with zero attached hydrogens (tertiary/aromatic N) is 1. The van der Waals surface area contributed by atoms with E-state index in [0.29, 0.717) is 16.6 Å².